The number of hydrogen-bond acceptors (Lipinski definition) is 8. The highest BCUT2D eigenvalue weighted by atomic mass is 16.6. The fourth-order valence-electron chi connectivity index (χ4n) is 3.91. The number of aryl methyl sites for hydroxylation is 1. The van der Waals surface area contributed by atoms with Gasteiger partial charge in [0.1, 0.15) is 29.0 Å². The molecule has 0 saturated heterocycles. The molecule has 10 nitrogen and oxygen atoms in total. The van der Waals surface area contributed by atoms with E-state index in [2.05, 4.69) is 22.3 Å². The van der Waals surface area contributed by atoms with Crippen LogP contribution in [-0.4, -0.2) is 22.3 Å². The van der Waals surface area contributed by atoms with E-state index < -0.39 is 23.6 Å². The number of nitrogens with zero attached hydrogens (tertiary/aromatic N) is 2. The van der Waals surface area contributed by atoms with Crippen LogP contribution in [0.25, 0.3) is 11.2 Å². The predicted octanol–water partition coefficient (Wildman–Crippen LogP) is 5.02. The highest BCUT2D eigenvalue weighted by molar-refractivity contribution is 5.88. The molecule has 1 amide bonds. The van der Waals surface area contributed by atoms with E-state index in [0.717, 1.165) is 11.1 Å². The van der Waals surface area contributed by atoms with E-state index in [0.29, 0.717) is 24.0 Å². The number of nitrogens with one attached hydrogen (secondary N) is 1. The van der Waals surface area contributed by atoms with Crippen molar-refractivity contribution in [2.45, 2.75) is 38.2 Å². The molecule has 3 aromatic heterocycles. The third-order valence-corrected chi connectivity index (χ3v) is 6.08. The van der Waals surface area contributed by atoms with Gasteiger partial charge >= 0.3 is 12.1 Å². The van der Waals surface area contributed by atoms with Gasteiger partial charge in [0.15, 0.2) is 11.5 Å². The summed E-state index contributed by atoms with van der Waals surface area (Å²) in [7, 11) is 0. The van der Waals surface area contributed by atoms with Crippen LogP contribution in [0, 0.1) is 30.1 Å². The van der Waals surface area contributed by atoms with Crippen LogP contribution in [0.1, 0.15) is 60.0 Å². The summed E-state index contributed by atoms with van der Waals surface area (Å²) < 4.78 is 21.6. The fourth-order valence-corrected chi connectivity index (χ4v) is 3.91. The zero-order chi connectivity index (χ0) is 25.4. The number of hydrogen-bond donors (Lipinski definition) is 2. The molecular weight excluding hydrogens is 466 g/mol. The van der Waals surface area contributed by atoms with Crippen LogP contribution in [0.15, 0.2) is 49.8 Å². The van der Waals surface area contributed by atoms with Gasteiger partial charge < -0.3 is 23.2 Å². The second-order valence-electron chi connectivity index (χ2n) is 8.48. The summed E-state index contributed by atoms with van der Waals surface area (Å²) in [5.74, 6) is 5.01. The molecule has 0 radical (unpaired) electrons. The molecule has 1 unspecified atom stereocenters. The topological polar surface area (TPSA) is 152 Å². The molecule has 1 saturated carbocycles. The number of aliphatic carboxylic acids is 1. The summed E-state index contributed by atoms with van der Waals surface area (Å²) in [5.41, 5.74) is 0.816. The van der Waals surface area contributed by atoms with Crippen molar-refractivity contribution in [1.29, 1.82) is 5.26 Å². The predicted molar refractivity (Wildman–Crippen MR) is 124 cm³/mol. The summed E-state index contributed by atoms with van der Waals surface area (Å²) in [6.45, 7) is 3.65. The van der Waals surface area contributed by atoms with Gasteiger partial charge in [-0.05, 0) is 55.7 Å². The Hall–Kier alpha value is -4.96. The molecule has 0 spiro atoms. The van der Waals surface area contributed by atoms with E-state index in [1.54, 1.807) is 19.1 Å². The lowest BCUT2D eigenvalue weighted by molar-refractivity contribution is -0.140. The van der Waals surface area contributed by atoms with Gasteiger partial charge in [-0.15, -0.1) is 0 Å². The Labute approximate surface area is 204 Å². The fraction of sp³-hybridized carbons (Fsp3) is 0.231. The van der Waals surface area contributed by atoms with Crippen molar-refractivity contribution in [3.05, 3.63) is 70.5 Å². The van der Waals surface area contributed by atoms with Gasteiger partial charge in [-0.2, -0.15) is 5.26 Å². The molecule has 1 aliphatic carbocycles. The summed E-state index contributed by atoms with van der Waals surface area (Å²) in [6, 6.07) is 12.6. The van der Waals surface area contributed by atoms with Crippen LogP contribution in [0.5, 0.6) is 0 Å². The highest BCUT2D eigenvalue weighted by Crippen LogP contribution is 2.50. The monoisotopic (exact) mass is 485 g/mol. The lowest BCUT2D eigenvalue weighted by Crippen LogP contribution is -2.18. The van der Waals surface area contributed by atoms with Crippen LogP contribution < -0.4 is 5.32 Å². The maximum absolute atomic E-state index is 12.5. The molecule has 0 bridgehead atoms. The lowest BCUT2D eigenvalue weighted by atomic mass is 10.0. The normalized spacial score (nSPS) is 14.4. The molecular formula is C26H19N3O7. The first-order chi connectivity index (χ1) is 17.3. The first-order valence-electron chi connectivity index (χ1n) is 11.0. The number of furan rings is 2. The van der Waals surface area contributed by atoms with E-state index in [1.165, 1.54) is 0 Å². The van der Waals surface area contributed by atoms with Crippen molar-refractivity contribution in [3.63, 3.8) is 0 Å². The Morgan fingerprint density at radius 1 is 1.22 bits per heavy atom. The molecule has 1 aliphatic rings. The number of fused-ring (bicyclic) bond motifs is 1. The number of benzene rings is 1. The number of nitriles is 1. The van der Waals surface area contributed by atoms with E-state index in [9.17, 15) is 20.0 Å². The van der Waals surface area contributed by atoms with Crippen molar-refractivity contribution >= 4 is 28.9 Å². The number of carbonyl (C=O) groups excluding carboxylic acids is 1. The number of carboxylic acid groups (broad SMARTS) is 1. The number of amides is 1. The van der Waals surface area contributed by atoms with Crippen molar-refractivity contribution < 1.29 is 32.8 Å². The standard InChI is InChI=1S/C26H19N3O7/c1-14-5-3-4-6-18(14)15(2)33-25(32)28-22-19(29-36-20(22)13-27)8-7-17-11-16-12-21(35-23(16)34-17)26(9-10-26)24(30)31/h3-6,11-12,15H,9-10H2,1-2H3,(H,28,32)(H,30,31). The van der Waals surface area contributed by atoms with Crippen LogP contribution in [0.4, 0.5) is 10.5 Å². The average molecular weight is 485 g/mol. The minimum absolute atomic E-state index is 0.00330. The minimum Gasteiger partial charge on any atom is -0.480 e. The number of rotatable bonds is 5. The maximum atomic E-state index is 12.5. The number of aromatic nitrogens is 1. The highest BCUT2D eigenvalue weighted by Gasteiger charge is 2.54. The molecule has 180 valence electrons. The number of ether oxygens (including phenoxy) is 1. The Morgan fingerprint density at radius 2 is 2.00 bits per heavy atom. The second-order valence-corrected chi connectivity index (χ2v) is 8.48. The molecule has 1 aromatic carbocycles. The molecule has 1 atom stereocenters. The first kappa shape index (κ1) is 22.8. The second kappa shape index (κ2) is 8.67. The Bertz CT molecular complexity index is 1570. The minimum atomic E-state index is -0.978. The van der Waals surface area contributed by atoms with Gasteiger partial charge in [-0.1, -0.05) is 29.4 Å². The Balaban J connectivity index is 1.33. The van der Waals surface area contributed by atoms with Crippen molar-refractivity contribution in [1.82, 2.24) is 5.16 Å². The third-order valence-electron chi connectivity index (χ3n) is 6.08. The number of carbonyl (C=O) groups is 2. The maximum Gasteiger partial charge on any atom is 0.412 e. The smallest absolute Gasteiger partial charge is 0.412 e. The largest absolute Gasteiger partial charge is 0.480 e. The summed E-state index contributed by atoms with van der Waals surface area (Å²) in [6.07, 6.45) is -0.310. The van der Waals surface area contributed by atoms with Gasteiger partial charge in [-0.3, -0.25) is 10.1 Å². The molecule has 10 heteroatoms. The SMILES string of the molecule is Cc1ccccc1C(C)OC(=O)Nc1c(C#Cc2cc3cc(C4(C(=O)O)CC4)oc3o2)noc1C#N. The van der Waals surface area contributed by atoms with Crippen LogP contribution in [0.2, 0.25) is 0 Å². The van der Waals surface area contributed by atoms with E-state index in [-0.39, 0.29) is 28.7 Å². The van der Waals surface area contributed by atoms with Gasteiger partial charge in [0.25, 0.3) is 11.5 Å². The van der Waals surface area contributed by atoms with Gasteiger partial charge in [0, 0.05) is 6.07 Å². The van der Waals surface area contributed by atoms with Crippen molar-refractivity contribution in [2.24, 2.45) is 0 Å². The molecule has 36 heavy (non-hydrogen) atoms. The zero-order valence-electron chi connectivity index (χ0n) is 19.2. The van der Waals surface area contributed by atoms with Gasteiger partial charge in [-0.25, -0.2) is 4.79 Å². The molecule has 1 fully saturated rings. The lowest BCUT2D eigenvalue weighted by Gasteiger charge is -2.15. The Morgan fingerprint density at radius 3 is 2.67 bits per heavy atom. The van der Waals surface area contributed by atoms with Gasteiger partial charge in [0.05, 0.1) is 5.39 Å². The van der Waals surface area contributed by atoms with E-state index in [4.69, 9.17) is 18.1 Å². The Kier molecular flexibility index (Phi) is 5.50. The summed E-state index contributed by atoms with van der Waals surface area (Å²) >= 11 is 0. The van der Waals surface area contributed by atoms with Crippen molar-refractivity contribution in [2.75, 3.05) is 5.32 Å². The number of carboxylic acids is 1. The molecule has 3 heterocycles. The van der Waals surface area contributed by atoms with Crippen LogP contribution in [0.3, 0.4) is 0 Å². The first-order valence-corrected chi connectivity index (χ1v) is 11.0. The molecule has 2 N–H and O–H groups in total. The third kappa shape index (κ3) is 4.05. The van der Waals surface area contributed by atoms with Gasteiger partial charge in [0.2, 0.25) is 0 Å². The van der Waals surface area contributed by atoms with E-state index >= 15 is 0 Å². The zero-order valence-corrected chi connectivity index (χ0v) is 19.2. The summed E-state index contributed by atoms with van der Waals surface area (Å²) in [4.78, 5) is 24.0. The van der Waals surface area contributed by atoms with Crippen LogP contribution in [-0.2, 0) is 14.9 Å². The molecule has 5 rings (SSSR count). The van der Waals surface area contributed by atoms with Crippen LogP contribution >= 0.6 is 0 Å². The van der Waals surface area contributed by atoms with E-state index in [1.807, 2.05) is 37.3 Å². The summed E-state index contributed by atoms with van der Waals surface area (Å²) in [5, 5.41) is 25.6. The number of anilines is 1. The quantitative estimate of drug-likeness (QED) is 0.371. The van der Waals surface area contributed by atoms with Crippen molar-refractivity contribution in [3.8, 4) is 17.9 Å². The average Bonchev–Trinajstić information content (AvgIpc) is 3.23. The molecule has 0 aliphatic heterocycles. The molecule has 4 aromatic rings.